The second-order valence-corrected chi connectivity index (χ2v) is 3.23. The molecular weight excluding hydrogens is 188 g/mol. The maximum absolute atomic E-state index is 11.1. The van der Waals surface area contributed by atoms with Crippen molar-refractivity contribution >= 4 is 22.6 Å². The largest absolute Gasteiger partial charge is 0.321 e. The van der Waals surface area contributed by atoms with Gasteiger partial charge in [-0.2, -0.15) is 0 Å². The maximum Gasteiger partial charge on any atom is 0.248 e. The second kappa shape index (κ2) is 2.85. The van der Waals surface area contributed by atoms with E-state index in [9.17, 15) is 4.79 Å². The SMILES string of the molecule is Cc1cc(=O)[nH]c2ccc(Cl)nc12. The highest BCUT2D eigenvalue weighted by Gasteiger charge is 2.00. The van der Waals surface area contributed by atoms with Crippen LogP contribution in [0.25, 0.3) is 11.0 Å². The molecule has 0 atom stereocenters. The maximum atomic E-state index is 11.1. The molecule has 0 aliphatic heterocycles. The van der Waals surface area contributed by atoms with Gasteiger partial charge in [-0.15, -0.1) is 0 Å². The number of nitrogens with zero attached hydrogens (tertiary/aromatic N) is 1. The molecule has 66 valence electrons. The van der Waals surface area contributed by atoms with Crippen LogP contribution in [0.15, 0.2) is 23.0 Å². The van der Waals surface area contributed by atoms with Gasteiger partial charge in [0, 0.05) is 6.07 Å². The summed E-state index contributed by atoms with van der Waals surface area (Å²) in [5.74, 6) is 0. The first-order chi connectivity index (χ1) is 6.16. The molecule has 0 aromatic carbocycles. The molecule has 13 heavy (non-hydrogen) atoms. The number of H-pyrrole nitrogens is 1. The smallest absolute Gasteiger partial charge is 0.248 e. The third kappa shape index (κ3) is 1.42. The number of fused-ring (bicyclic) bond motifs is 1. The van der Waals surface area contributed by atoms with E-state index in [0.717, 1.165) is 16.6 Å². The average Bonchev–Trinajstić information content (AvgIpc) is 2.06. The van der Waals surface area contributed by atoms with Crippen LogP contribution in [0, 0.1) is 6.92 Å². The molecule has 2 aromatic heterocycles. The van der Waals surface area contributed by atoms with Crippen molar-refractivity contribution in [2.24, 2.45) is 0 Å². The van der Waals surface area contributed by atoms with E-state index < -0.39 is 0 Å². The van der Waals surface area contributed by atoms with Crippen LogP contribution in [-0.2, 0) is 0 Å². The van der Waals surface area contributed by atoms with Gasteiger partial charge in [0.1, 0.15) is 5.15 Å². The van der Waals surface area contributed by atoms with E-state index >= 15 is 0 Å². The lowest BCUT2D eigenvalue weighted by atomic mass is 10.2. The number of hydrogen-bond acceptors (Lipinski definition) is 2. The fourth-order valence-corrected chi connectivity index (χ4v) is 1.42. The minimum atomic E-state index is -0.117. The van der Waals surface area contributed by atoms with Crippen molar-refractivity contribution in [1.29, 1.82) is 0 Å². The summed E-state index contributed by atoms with van der Waals surface area (Å²) in [6.07, 6.45) is 0. The van der Waals surface area contributed by atoms with Crippen LogP contribution in [0.1, 0.15) is 5.56 Å². The topological polar surface area (TPSA) is 45.8 Å². The standard InChI is InChI=1S/C9H7ClN2O/c1-5-4-8(13)11-6-2-3-7(10)12-9(5)6/h2-4H,1H3,(H,11,13). The molecule has 0 aliphatic rings. The van der Waals surface area contributed by atoms with Gasteiger partial charge in [-0.3, -0.25) is 4.79 Å². The Morgan fingerprint density at radius 1 is 1.46 bits per heavy atom. The van der Waals surface area contributed by atoms with Crippen molar-refractivity contribution in [3.63, 3.8) is 0 Å². The molecule has 2 heterocycles. The third-order valence-electron chi connectivity index (χ3n) is 1.84. The fourth-order valence-electron chi connectivity index (χ4n) is 1.27. The zero-order valence-corrected chi connectivity index (χ0v) is 7.72. The summed E-state index contributed by atoms with van der Waals surface area (Å²) in [5.41, 5.74) is 2.18. The molecule has 0 spiro atoms. The summed E-state index contributed by atoms with van der Waals surface area (Å²) < 4.78 is 0. The van der Waals surface area contributed by atoms with E-state index in [-0.39, 0.29) is 5.56 Å². The van der Waals surface area contributed by atoms with Gasteiger partial charge in [-0.05, 0) is 24.6 Å². The number of aryl methyl sites for hydroxylation is 1. The van der Waals surface area contributed by atoms with Crippen molar-refractivity contribution in [3.05, 3.63) is 39.3 Å². The van der Waals surface area contributed by atoms with E-state index in [1.807, 2.05) is 6.92 Å². The molecule has 0 amide bonds. The number of pyridine rings is 2. The second-order valence-electron chi connectivity index (χ2n) is 2.85. The van der Waals surface area contributed by atoms with E-state index in [1.54, 1.807) is 12.1 Å². The Hall–Kier alpha value is -1.35. The number of rotatable bonds is 0. The quantitative estimate of drug-likeness (QED) is 0.651. The van der Waals surface area contributed by atoms with Crippen molar-refractivity contribution in [3.8, 4) is 0 Å². The van der Waals surface area contributed by atoms with E-state index in [2.05, 4.69) is 9.97 Å². The Balaban J connectivity index is 2.95. The van der Waals surface area contributed by atoms with Crippen LogP contribution >= 0.6 is 11.6 Å². The summed E-state index contributed by atoms with van der Waals surface area (Å²) in [6.45, 7) is 1.83. The molecule has 0 aliphatic carbocycles. The lowest BCUT2D eigenvalue weighted by Gasteiger charge is -1.99. The Bertz CT molecular complexity index is 518. The summed E-state index contributed by atoms with van der Waals surface area (Å²) in [4.78, 5) is 17.9. The first kappa shape index (κ1) is 8.26. The number of halogens is 1. The molecule has 3 nitrogen and oxygen atoms in total. The highest BCUT2D eigenvalue weighted by Crippen LogP contribution is 2.14. The van der Waals surface area contributed by atoms with Crippen molar-refractivity contribution in [1.82, 2.24) is 9.97 Å². The molecular formula is C9H7ClN2O. The van der Waals surface area contributed by atoms with Crippen LogP contribution in [0.2, 0.25) is 5.15 Å². The van der Waals surface area contributed by atoms with Gasteiger partial charge in [0.15, 0.2) is 0 Å². The molecule has 0 radical (unpaired) electrons. The molecule has 0 saturated carbocycles. The third-order valence-corrected chi connectivity index (χ3v) is 2.05. The van der Waals surface area contributed by atoms with Gasteiger partial charge < -0.3 is 4.98 Å². The van der Waals surface area contributed by atoms with Gasteiger partial charge in [0.2, 0.25) is 5.56 Å². The molecule has 4 heteroatoms. The predicted molar refractivity (Wildman–Crippen MR) is 52.1 cm³/mol. The number of hydrogen-bond donors (Lipinski definition) is 1. The summed E-state index contributed by atoms with van der Waals surface area (Å²) in [5, 5.41) is 0.433. The first-order valence-electron chi connectivity index (χ1n) is 3.83. The first-order valence-corrected chi connectivity index (χ1v) is 4.21. The van der Waals surface area contributed by atoms with E-state index in [4.69, 9.17) is 11.6 Å². The Morgan fingerprint density at radius 2 is 2.23 bits per heavy atom. The van der Waals surface area contributed by atoms with Gasteiger partial charge in [0.25, 0.3) is 0 Å². The predicted octanol–water partition coefficient (Wildman–Crippen LogP) is 1.88. The molecule has 0 unspecified atom stereocenters. The van der Waals surface area contributed by atoms with Crippen molar-refractivity contribution in [2.45, 2.75) is 6.92 Å². The monoisotopic (exact) mass is 194 g/mol. The minimum Gasteiger partial charge on any atom is -0.321 e. The molecule has 0 fully saturated rings. The van der Waals surface area contributed by atoms with Gasteiger partial charge in [-0.25, -0.2) is 4.98 Å². The summed E-state index contributed by atoms with van der Waals surface area (Å²) in [7, 11) is 0. The zero-order valence-electron chi connectivity index (χ0n) is 6.97. The van der Waals surface area contributed by atoms with Crippen LogP contribution in [-0.4, -0.2) is 9.97 Å². The fraction of sp³-hybridized carbons (Fsp3) is 0.111. The number of nitrogens with one attached hydrogen (secondary N) is 1. The number of aromatic nitrogens is 2. The van der Waals surface area contributed by atoms with Crippen LogP contribution in [0.4, 0.5) is 0 Å². The van der Waals surface area contributed by atoms with Gasteiger partial charge in [0.05, 0.1) is 11.0 Å². The molecule has 0 saturated heterocycles. The normalized spacial score (nSPS) is 10.6. The van der Waals surface area contributed by atoms with Gasteiger partial charge in [-0.1, -0.05) is 11.6 Å². The van der Waals surface area contributed by atoms with Crippen LogP contribution < -0.4 is 5.56 Å². The lowest BCUT2D eigenvalue weighted by molar-refractivity contribution is 1.24. The van der Waals surface area contributed by atoms with Gasteiger partial charge >= 0.3 is 0 Å². The van der Waals surface area contributed by atoms with Crippen molar-refractivity contribution in [2.75, 3.05) is 0 Å². The zero-order chi connectivity index (χ0) is 9.42. The van der Waals surface area contributed by atoms with E-state index in [1.165, 1.54) is 6.07 Å². The Labute approximate surface area is 79.4 Å². The average molecular weight is 195 g/mol. The highest BCUT2D eigenvalue weighted by atomic mass is 35.5. The Kier molecular flexibility index (Phi) is 1.81. The van der Waals surface area contributed by atoms with Crippen LogP contribution in [0.3, 0.4) is 0 Å². The van der Waals surface area contributed by atoms with Crippen LogP contribution in [0.5, 0.6) is 0 Å². The molecule has 2 rings (SSSR count). The molecule has 1 N–H and O–H groups in total. The molecule has 0 bridgehead atoms. The summed E-state index contributed by atoms with van der Waals surface area (Å²) in [6, 6.07) is 4.91. The highest BCUT2D eigenvalue weighted by molar-refractivity contribution is 6.29. The Morgan fingerprint density at radius 3 is 3.00 bits per heavy atom. The minimum absolute atomic E-state index is 0.117. The van der Waals surface area contributed by atoms with Crippen molar-refractivity contribution < 1.29 is 0 Å². The number of aromatic amines is 1. The van der Waals surface area contributed by atoms with E-state index in [0.29, 0.717) is 5.15 Å². The lowest BCUT2D eigenvalue weighted by Crippen LogP contribution is -2.05. The molecule has 2 aromatic rings. The summed E-state index contributed by atoms with van der Waals surface area (Å²) >= 11 is 5.73.